The highest BCUT2D eigenvalue weighted by atomic mass is 16.5. The summed E-state index contributed by atoms with van der Waals surface area (Å²) in [5, 5.41) is 6.57. The summed E-state index contributed by atoms with van der Waals surface area (Å²) in [7, 11) is 3.94. The Labute approximate surface area is 143 Å². The van der Waals surface area contributed by atoms with Gasteiger partial charge in [0.2, 0.25) is 0 Å². The minimum absolute atomic E-state index is 0.611. The normalized spacial score (nSPS) is 13.4. The molecule has 6 nitrogen and oxygen atoms in total. The van der Waals surface area contributed by atoms with Crippen molar-refractivity contribution in [2.24, 2.45) is 4.99 Å². The maximum atomic E-state index is 5.52. The second kappa shape index (κ2) is 16.0. The summed E-state index contributed by atoms with van der Waals surface area (Å²) >= 11 is 0. The third-order valence-corrected chi connectivity index (χ3v) is 3.88. The number of ether oxygens (including phenoxy) is 2. The van der Waals surface area contributed by atoms with Crippen LogP contribution in [0, 0.1) is 0 Å². The lowest BCUT2D eigenvalue weighted by Crippen LogP contribution is -2.43. The average Bonchev–Trinajstić information content (AvgIpc) is 2.57. The van der Waals surface area contributed by atoms with Crippen LogP contribution in [0.3, 0.4) is 0 Å². The first kappa shape index (κ1) is 22.1. The van der Waals surface area contributed by atoms with E-state index in [-0.39, 0.29) is 0 Å². The molecule has 1 unspecified atom stereocenters. The summed E-state index contributed by atoms with van der Waals surface area (Å²) in [6.45, 7) is 12.1. The van der Waals surface area contributed by atoms with Crippen LogP contribution in [-0.2, 0) is 9.47 Å². The Balaban J connectivity index is 3.53. The molecule has 0 fully saturated rings. The number of likely N-dealkylation sites (N-methyl/N-ethyl adjacent to an activating group) is 1. The van der Waals surface area contributed by atoms with Crippen LogP contribution in [0.1, 0.15) is 40.0 Å². The molecule has 0 heterocycles. The molecular formula is C17H38N4O2. The summed E-state index contributed by atoms with van der Waals surface area (Å²) in [4.78, 5) is 6.56. The van der Waals surface area contributed by atoms with Gasteiger partial charge in [-0.15, -0.1) is 0 Å². The molecule has 138 valence electrons. The Morgan fingerprint density at radius 2 is 1.70 bits per heavy atom. The zero-order valence-corrected chi connectivity index (χ0v) is 15.9. The van der Waals surface area contributed by atoms with E-state index in [1.807, 2.05) is 0 Å². The van der Waals surface area contributed by atoms with Gasteiger partial charge < -0.3 is 25.0 Å². The Hall–Kier alpha value is -0.850. The second-order valence-corrected chi connectivity index (χ2v) is 5.74. The van der Waals surface area contributed by atoms with Gasteiger partial charge in [0.05, 0.1) is 19.8 Å². The van der Waals surface area contributed by atoms with E-state index in [2.05, 4.69) is 48.3 Å². The first-order valence-electron chi connectivity index (χ1n) is 8.95. The summed E-state index contributed by atoms with van der Waals surface area (Å²) in [6.07, 6.45) is 3.46. The number of hydrogen-bond donors (Lipinski definition) is 2. The smallest absolute Gasteiger partial charge is 0.191 e. The quantitative estimate of drug-likeness (QED) is 0.288. The monoisotopic (exact) mass is 330 g/mol. The van der Waals surface area contributed by atoms with Gasteiger partial charge in [0.1, 0.15) is 0 Å². The minimum atomic E-state index is 0.611. The lowest BCUT2D eigenvalue weighted by atomic mass is 10.2. The lowest BCUT2D eigenvalue weighted by Gasteiger charge is -2.23. The molecule has 0 aliphatic rings. The van der Waals surface area contributed by atoms with Gasteiger partial charge in [-0.2, -0.15) is 0 Å². The van der Waals surface area contributed by atoms with Gasteiger partial charge in [0.25, 0.3) is 0 Å². The van der Waals surface area contributed by atoms with E-state index in [1.165, 1.54) is 12.8 Å². The molecule has 0 aromatic rings. The van der Waals surface area contributed by atoms with Gasteiger partial charge in [-0.05, 0) is 26.8 Å². The second-order valence-electron chi connectivity index (χ2n) is 5.74. The fraction of sp³-hybridized carbons (Fsp3) is 0.941. The first-order valence-corrected chi connectivity index (χ1v) is 8.95. The molecule has 0 rings (SSSR count). The highest BCUT2D eigenvalue weighted by Gasteiger charge is 2.06. The van der Waals surface area contributed by atoms with Crippen LogP contribution in [0.25, 0.3) is 0 Å². The van der Waals surface area contributed by atoms with Gasteiger partial charge in [-0.1, -0.05) is 20.3 Å². The van der Waals surface area contributed by atoms with Crippen LogP contribution in [0.4, 0.5) is 0 Å². The van der Waals surface area contributed by atoms with E-state index >= 15 is 0 Å². The minimum Gasteiger partial charge on any atom is -0.379 e. The summed E-state index contributed by atoms with van der Waals surface area (Å²) < 4.78 is 11.0. The van der Waals surface area contributed by atoms with Gasteiger partial charge in [0.15, 0.2) is 5.96 Å². The topological polar surface area (TPSA) is 58.1 Å². The molecule has 2 N–H and O–H groups in total. The molecule has 0 bridgehead atoms. The Morgan fingerprint density at radius 3 is 2.30 bits per heavy atom. The van der Waals surface area contributed by atoms with E-state index in [1.54, 1.807) is 7.05 Å². The molecule has 0 aromatic carbocycles. The first-order chi connectivity index (χ1) is 11.2. The molecule has 0 aliphatic carbocycles. The highest BCUT2D eigenvalue weighted by molar-refractivity contribution is 5.79. The number of hydrogen-bond acceptors (Lipinski definition) is 4. The molecule has 0 radical (unpaired) electrons. The van der Waals surface area contributed by atoms with Crippen LogP contribution >= 0.6 is 0 Å². The van der Waals surface area contributed by atoms with Gasteiger partial charge in [-0.3, -0.25) is 4.99 Å². The van der Waals surface area contributed by atoms with Crippen molar-refractivity contribution >= 4 is 5.96 Å². The van der Waals surface area contributed by atoms with Crippen molar-refractivity contribution in [1.29, 1.82) is 0 Å². The van der Waals surface area contributed by atoms with Gasteiger partial charge >= 0.3 is 0 Å². The average molecular weight is 331 g/mol. The summed E-state index contributed by atoms with van der Waals surface area (Å²) in [5.74, 6) is 0.824. The van der Waals surface area contributed by atoms with Crippen molar-refractivity contribution in [3.63, 3.8) is 0 Å². The van der Waals surface area contributed by atoms with Gasteiger partial charge in [0, 0.05) is 39.3 Å². The van der Waals surface area contributed by atoms with Crippen LogP contribution in [0.15, 0.2) is 4.99 Å². The van der Waals surface area contributed by atoms with E-state index in [4.69, 9.17) is 9.47 Å². The summed E-state index contributed by atoms with van der Waals surface area (Å²) in [5.41, 5.74) is 0. The molecule has 0 spiro atoms. The van der Waals surface area contributed by atoms with Crippen LogP contribution in [0.5, 0.6) is 0 Å². The summed E-state index contributed by atoms with van der Waals surface area (Å²) in [6, 6.07) is 0.611. The van der Waals surface area contributed by atoms with Crippen LogP contribution in [0.2, 0.25) is 0 Å². The zero-order valence-electron chi connectivity index (χ0n) is 15.9. The number of nitrogens with one attached hydrogen (secondary N) is 2. The predicted octanol–water partition coefficient (Wildman–Crippen LogP) is 1.72. The van der Waals surface area contributed by atoms with E-state index in [0.29, 0.717) is 25.9 Å². The Morgan fingerprint density at radius 1 is 1.04 bits per heavy atom. The van der Waals surface area contributed by atoms with Gasteiger partial charge in [-0.25, -0.2) is 0 Å². The zero-order chi connectivity index (χ0) is 17.3. The van der Waals surface area contributed by atoms with E-state index < -0.39 is 0 Å². The molecule has 6 heteroatoms. The largest absolute Gasteiger partial charge is 0.379 e. The number of rotatable bonds is 14. The molecule has 0 aliphatic heterocycles. The molecule has 0 aromatic heterocycles. The third-order valence-electron chi connectivity index (χ3n) is 3.88. The van der Waals surface area contributed by atoms with Crippen molar-refractivity contribution in [3.05, 3.63) is 0 Å². The highest BCUT2D eigenvalue weighted by Crippen LogP contribution is 1.97. The standard InChI is InChI=1S/C17H38N4O2/c1-6-8-12-22-14-15-23-13-10-20-17(18-4)19-9-11-21(5)16(3)7-2/h16H,6-15H2,1-5H3,(H2,18,19,20). The molecule has 1 atom stereocenters. The van der Waals surface area contributed by atoms with Crippen molar-refractivity contribution < 1.29 is 9.47 Å². The maximum Gasteiger partial charge on any atom is 0.191 e. The van der Waals surface area contributed by atoms with E-state index in [0.717, 1.165) is 38.6 Å². The van der Waals surface area contributed by atoms with Crippen molar-refractivity contribution in [1.82, 2.24) is 15.5 Å². The van der Waals surface area contributed by atoms with Crippen LogP contribution < -0.4 is 10.6 Å². The molecule has 0 amide bonds. The predicted molar refractivity (Wildman–Crippen MR) is 98.3 cm³/mol. The Bertz CT molecular complexity index is 288. The Kier molecular flexibility index (Phi) is 15.4. The number of nitrogens with zero attached hydrogens (tertiary/aromatic N) is 2. The molecule has 0 saturated heterocycles. The van der Waals surface area contributed by atoms with Crippen molar-refractivity contribution in [2.75, 3.05) is 60.2 Å². The molecule has 23 heavy (non-hydrogen) atoms. The fourth-order valence-electron chi connectivity index (χ4n) is 1.91. The number of unbranched alkanes of at least 4 members (excludes halogenated alkanes) is 1. The third kappa shape index (κ3) is 13.3. The van der Waals surface area contributed by atoms with Crippen LogP contribution in [-0.4, -0.2) is 77.1 Å². The molecular weight excluding hydrogens is 292 g/mol. The maximum absolute atomic E-state index is 5.52. The van der Waals surface area contributed by atoms with Crippen molar-refractivity contribution in [2.45, 2.75) is 46.1 Å². The fourth-order valence-corrected chi connectivity index (χ4v) is 1.91. The lowest BCUT2D eigenvalue weighted by molar-refractivity contribution is 0.0487. The van der Waals surface area contributed by atoms with E-state index in [9.17, 15) is 0 Å². The SMILES string of the molecule is CCCCOCCOCCNC(=NC)NCCN(C)C(C)CC. The number of guanidine groups is 1. The molecule has 0 saturated carbocycles. The number of aliphatic imine (C=N–C) groups is 1. The van der Waals surface area contributed by atoms with Crippen molar-refractivity contribution in [3.8, 4) is 0 Å².